The second kappa shape index (κ2) is 3.91. The molecule has 96 valence electrons. The van der Waals surface area contributed by atoms with Gasteiger partial charge in [-0.3, -0.25) is 14.8 Å². The van der Waals surface area contributed by atoms with Gasteiger partial charge in [-0.05, 0) is 19.1 Å². The predicted octanol–water partition coefficient (Wildman–Crippen LogP) is 1.05. The fraction of sp³-hybridized carbons (Fsp3) is 0.0833. The number of nitrogens with zero attached hydrogens (tertiary/aromatic N) is 1. The number of fused-ring (bicyclic) bond motifs is 1. The standard InChI is InChI=1S/C12H9FN4O2/c1-5-2-3-7(13)6(4-5)9-14-8-10(15-9)16-12(19)17-11(8)18/h2-4H,1H3,(H3,14,15,16,17,18,19). The first-order valence-corrected chi connectivity index (χ1v) is 5.53. The van der Waals surface area contributed by atoms with Gasteiger partial charge in [0, 0.05) is 0 Å². The van der Waals surface area contributed by atoms with Crippen LogP contribution in [0, 0.1) is 12.7 Å². The first kappa shape index (κ1) is 11.4. The average Bonchev–Trinajstić information content (AvgIpc) is 2.76. The van der Waals surface area contributed by atoms with E-state index in [1.807, 2.05) is 6.92 Å². The van der Waals surface area contributed by atoms with E-state index in [0.717, 1.165) is 5.56 Å². The van der Waals surface area contributed by atoms with Gasteiger partial charge in [-0.15, -0.1) is 0 Å². The largest absolute Gasteiger partial charge is 0.332 e. The minimum absolute atomic E-state index is 0.102. The monoisotopic (exact) mass is 260 g/mol. The van der Waals surface area contributed by atoms with E-state index >= 15 is 0 Å². The molecule has 0 aliphatic heterocycles. The fourth-order valence-electron chi connectivity index (χ4n) is 1.88. The molecular weight excluding hydrogens is 251 g/mol. The Morgan fingerprint density at radius 1 is 1.16 bits per heavy atom. The molecule has 2 heterocycles. The molecule has 19 heavy (non-hydrogen) atoms. The molecule has 3 N–H and O–H groups in total. The zero-order valence-corrected chi connectivity index (χ0v) is 9.87. The number of nitrogens with one attached hydrogen (secondary N) is 3. The molecule has 0 amide bonds. The molecule has 0 saturated carbocycles. The molecule has 0 spiro atoms. The minimum atomic E-state index is -0.653. The Bertz CT molecular complexity index is 891. The van der Waals surface area contributed by atoms with Gasteiger partial charge in [0.15, 0.2) is 5.65 Å². The summed E-state index contributed by atoms with van der Waals surface area (Å²) in [5, 5.41) is 0. The summed E-state index contributed by atoms with van der Waals surface area (Å²) in [4.78, 5) is 33.9. The molecule has 0 bridgehead atoms. The second-order valence-electron chi connectivity index (χ2n) is 4.20. The van der Waals surface area contributed by atoms with Crippen LogP contribution in [0.1, 0.15) is 5.56 Å². The van der Waals surface area contributed by atoms with Crippen molar-refractivity contribution in [1.29, 1.82) is 0 Å². The van der Waals surface area contributed by atoms with Crippen molar-refractivity contribution in [3.8, 4) is 11.4 Å². The molecule has 0 aliphatic carbocycles. The summed E-state index contributed by atoms with van der Waals surface area (Å²) in [6, 6.07) is 4.57. The van der Waals surface area contributed by atoms with Gasteiger partial charge in [-0.1, -0.05) is 11.6 Å². The van der Waals surface area contributed by atoms with Crippen LogP contribution in [0.15, 0.2) is 27.8 Å². The molecule has 6 nitrogen and oxygen atoms in total. The molecule has 7 heteroatoms. The molecule has 0 fully saturated rings. The Morgan fingerprint density at radius 2 is 1.95 bits per heavy atom. The van der Waals surface area contributed by atoms with Crippen LogP contribution in [-0.2, 0) is 0 Å². The van der Waals surface area contributed by atoms with Crippen molar-refractivity contribution in [1.82, 2.24) is 19.9 Å². The zero-order valence-electron chi connectivity index (χ0n) is 9.87. The van der Waals surface area contributed by atoms with Gasteiger partial charge in [0.1, 0.15) is 17.2 Å². The van der Waals surface area contributed by atoms with Gasteiger partial charge in [-0.2, -0.15) is 0 Å². The third-order valence-corrected chi connectivity index (χ3v) is 2.77. The lowest BCUT2D eigenvalue weighted by Gasteiger charge is -2.00. The molecule has 0 aliphatic rings. The Balaban J connectivity index is 2.32. The number of H-pyrrole nitrogens is 3. The molecule has 2 aromatic heterocycles. The first-order chi connectivity index (χ1) is 9.04. The predicted molar refractivity (Wildman–Crippen MR) is 67.5 cm³/mol. The van der Waals surface area contributed by atoms with Crippen LogP contribution in [0.4, 0.5) is 4.39 Å². The lowest BCUT2D eigenvalue weighted by atomic mass is 10.1. The molecule has 0 radical (unpaired) electrons. The van der Waals surface area contributed by atoms with Gasteiger partial charge in [0.05, 0.1) is 5.56 Å². The van der Waals surface area contributed by atoms with Gasteiger partial charge < -0.3 is 4.98 Å². The van der Waals surface area contributed by atoms with Crippen LogP contribution in [-0.4, -0.2) is 19.9 Å². The van der Waals surface area contributed by atoms with E-state index in [-0.39, 0.29) is 22.6 Å². The SMILES string of the molecule is Cc1ccc(F)c(-c2nc3[nH]c(=O)[nH]c(=O)c3[nH]2)c1. The van der Waals surface area contributed by atoms with Crippen molar-refractivity contribution >= 4 is 11.2 Å². The summed E-state index contributed by atoms with van der Waals surface area (Å²) in [6.07, 6.45) is 0. The van der Waals surface area contributed by atoms with Gasteiger partial charge >= 0.3 is 5.69 Å². The van der Waals surface area contributed by atoms with E-state index in [2.05, 4.69) is 19.9 Å². The highest BCUT2D eigenvalue weighted by Crippen LogP contribution is 2.22. The van der Waals surface area contributed by atoms with E-state index in [0.29, 0.717) is 0 Å². The lowest BCUT2D eigenvalue weighted by Crippen LogP contribution is -2.21. The van der Waals surface area contributed by atoms with E-state index in [1.54, 1.807) is 12.1 Å². The fourth-order valence-corrected chi connectivity index (χ4v) is 1.88. The maximum absolute atomic E-state index is 13.7. The number of aryl methyl sites for hydroxylation is 1. The van der Waals surface area contributed by atoms with Crippen LogP contribution >= 0.6 is 0 Å². The molecule has 0 atom stereocenters. The summed E-state index contributed by atoms with van der Waals surface area (Å²) in [7, 11) is 0. The van der Waals surface area contributed by atoms with E-state index in [9.17, 15) is 14.0 Å². The Kier molecular flexibility index (Phi) is 2.34. The number of hydrogen-bond acceptors (Lipinski definition) is 3. The summed E-state index contributed by atoms with van der Waals surface area (Å²) in [6.45, 7) is 1.82. The number of imidazole rings is 1. The van der Waals surface area contributed by atoms with Gasteiger partial charge in [0.25, 0.3) is 5.56 Å². The van der Waals surface area contributed by atoms with Gasteiger partial charge in [0.2, 0.25) is 0 Å². The van der Waals surface area contributed by atoms with Crippen LogP contribution in [0.3, 0.4) is 0 Å². The van der Waals surface area contributed by atoms with Crippen LogP contribution < -0.4 is 11.2 Å². The van der Waals surface area contributed by atoms with Crippen molar-refractivity contribution < 1.29 is 4.39 Å². The maximum Gasteiger partial charge on any atom is 0.327 e. The zero-order chi connectivity index (χ0) is 13.6. The highest BCUT2D eigenvalue weighted by Gasteiger charge is 2.12. The summed E-state index contributed by atoms with van der Waals surface area (Å²) in [5.41, 5.74) is 0.0710. The number of rotatable bonds is 1. The summed E-state index contributed by atoms with van der Waals surface area (Å²) >= 11 is 0. The van der Waals surface area contributed by atoms with Crippen molar-refractivity contribution in [3.05, 3.63) is 50.4 Å². The van der Waals surface area contributed by atoms with E-state index in [1.165, 1.54) is 6.07 Å². The summed E-state index contributed by atoms with van der Waals surface area (Å²) in [5.74, 6) is -0.257. The minimum Gasteiger partial charge on any atom is -0.332 e. The maximum atomic E-state index is 13.7. The normalized spacial score (nSPS) is 11.1. The number of aromatic amines is 3. The topological polar surface area (TPSA) is 94.4 Å². The number of benzene rings is 1. The van der Waals surface area contributed by atoms with E-state index in [4.69, 9.17) is 0 Å². The van der Waals surface area contributed by atoms with Crippen LogP contribution in [0.2, 0.25) is 0 Å². The highest BCUT2D eigenvalue weighted by molar-refractivity contribution is 5.74. The molecule has 3 aromatic rings. The smallest absolute Gasteiger partial charge is 0.327 e. The second-order valence-corrected chi connectivity index (χ2v) is 4.20. The van der Waals surface area contributed by atoms with Crippen LogP contribution in [0.5, 0.6) is 0 Å². The van der Waals surface area contributed by atoms with Crippen LogP contribution in [0.25, 0.3) is 22.6 Å². The highest BCUT2D eigenvalue weighted by atomic mass is 19.1. The first-order valence-electron chi connectivity index (χ1n) is 5.53. The molecular formula is C12H9FN4O2. The third-order valence-electron chi connectivity index (χ3n) is 2.77. The number of aromatic nitrogens is 4. The molecule has 0 unspecified atom stereocenters. The Morgan fingerprint density at radius 3 is 2.74 bits per heavy atom. The van der Waals surface area contributed by atoms with Crippen molar-refractivity contribution in [2.45, 2.75) is 6.92 Å². The van der Waals surface area contributed by atoms with Crippen molar-refractivity contribution in [2.75, 3.05) is 0 Å². The quantitative estimate of drug-likeness (QED) is 0.610. The van der Waals surface area contributed by atoms with Gasteiger partial charge in [-0.25, -0.2) is 14.2 Å². The van der Waals surface area contributed by atoms with Crippen molar-refractivity contribution in [2.24, 2.45) is 0 Å². The third kappa shape index (κ3) is 1.85. The molecule has 1 aromatic carbocycles. The average molecular weight is 260 g/mol. The molecule has 0 saturated heterocycles. The Labute approximate surface area is 105 Å². The van der Waals surface area contributed by atoms with Crippen molar-refractivity contribution in [3.63, 3.8) is 0 Å². The molecule has 3 rings (SSSR count). The van der Waals surface area contributed by atoms with E-state index < -0.39 is 17.1 Å². The number of hydrogen-bond donors (Lipinski definition) is 3. The Hall–Kier alpha value is -2.70. The number of halogens is 1. The lowest BCUT2D eigenvalue weighted by molar-refractivity contribution is 0.630. The summed E-state index contributed by atoms with van der Waals surface area (Å²) < 4.78 is 13.7.